The molecule has 0 radical (unpaired) electrons. The minimum Gasteiger partial charge on any atom is -0.370 e. The molecule has 0 spiro atoms. The Hall–Kier alpha value is -4.15. The quantitative estimate of drug-likeness (QED) is 0.0596. The van der Waals surface area contributed by atoms with Crippen molar-refractivity contribution in [3.05, 3.63) is 0 Å². The SMILES string of the molecule is NCCCCNc1nc(NCCCCN=C(N)N=C(N)N)nc(NCCCCN=C(N)N=C(N)N)n1. The summed E-state index contributed by atoms with van der Waals surface area (Å²) in [6.45, 7) is 3.64. The van der Waals surface area contributed by atoms with Gasteiger partial charge in [-0.3, -0.25) is 9.98 Å². The fourth-order valence-electron chi connectivity index (χ4n) is 2.68. The van der Waals surface area contributed by atoms with Gasteiger partial charge in [-0.05, 0) is 45.1 Å². The predicted molar refractivity (Wildman–Crippen MR) is 147 cm³/mol. The van der Waals surface area contributed by atoms with Gasteiger partial charge in [0.15, 0.2) is 11.9 Å². The van der Waals surface area contributed by atoms with Crippen molar-refractivity contribution in [3.63, 3.8) is 0 Å². The molecule has 0 unspecified atom stereocenters. The van der Waals surface area contributed by atoms with Gasteiger partial charge in [-0.1, -0.05) is 0 Å². The Kier molecular flexibility index (Phi) is 15.1. The molecule has 0 aliphatic rings. The van der Waals surface area contributed by atoms with Crippen molar-refractivity contribution >= 4 is 41.7 Å². The molecule has 1 aromatic heterocycles. The topological polar surface area (TPSA) is 306 Å². The molecule has 0 aliphatic carbocycles. The molecule has 0 bridgehead atoms. The fraction of sp³-hybridized carbons (Fsp3) is 0.632. The normalized spacial score (nSPS) is 11.6. The van der Waals surface area contributed by atoms with E-state index in [0.717, 1.165) is 38.5 Å². The Bertz CT molecular complexity index is 808. The van der Waals surface area contributed by atoms with Crippen molar-refractivity contribution in [3.8, 4) is 0 Å². The van der Waals surface area contributed by atoms with Crippen LogP contribution >= 0.6 is 0 Å². The molecule has 0 fully saturated rings. The first-order valence-electron chi connectivity index (χ1n) is 11.8. The summed E-state index contributed by atoms with van der Waals surface area (Å²) in [6, 6.07) is 0. The highest BCUT2D eigenvalue weighted by atomic mass is 15.3. The molecule has 1 heterocycles. The van der Waals surface area contributed by atoms with E-state index in [1.54, 1.807) is 0 Å². The van der Waals surface area contributed by atoms with Crippen LogP contribution in [0.1, 0.15) is 38.5 Å². The third kappa shape index (κ3) is 15.6. The summed E-state index contributed by atoms with van der Waals surface area (Å²) in [5.74, 6) is 1.29. The van der Waals surface area contributed by atoms with Gasteiger partial charge in [0.25, 0.3) is 0 Å². The number of rotatable bonds is 17. The van der Waals surface area contributed by atoms with Crippen LogP contribution in [-0.2, 0) is 0 Å². The number of nitrogens with two attached hydrogens (primary N) is 7. The van der Waals surface area contributed by atoms with E-state index in [-0.39, 0.29) is 23.8 Å². The summed E-state index contributed by atoms with van der Waals surface area (Å²) < 4.78 is 0. The number of aromatic nitrogens is 3. The monoisotopic (exact) mass is 507 g/mol. The third-order valence-electron chi connectivity index (χ3n) is 4.32. The molecule has 17 N–H and O–H groups in total. The van der Waals surface area contributed by atoms with Gasteiger partial charge in [0.1, 0.15) is 0 Å². The minimum absolute atomic E-state index is 0.0607. The zero-order chi connectivity index (χ0) is 26.6. The molecule has 202 valence electrons. The van der Waals surface area contributed by atoms with E-state index >= 15 is 0 Å². The lowest BCUT2D eigenvalue weighted by molar-refractivity contribution is 0.758. The molecule has 0 saturated carbocycles. The third-order valence-corrected chi connectivity index (χ3v) is 4.32. The number of guanidine groups is 4. The van der Waals surface area contributed by atoms with Crippen LogP contribution in [0.25, 0.3) is 0 Å². The summed E-state index contributed by atoms with van der Waals surface area (Å²) in [6.07, 6.45) is 5.03. The van der Waals surface area contributed by atoms with E-state index in [4.69, 9.17) is 40.1 Å². The maximum atomic E-state index is 5.58. The van der Waals surface area contributed by atoms with Gasteiger partial charge in [0.2, 0.25) is 29.8 Å². The Morgan fingerprint density at radius 2 is 0.917 bits per heavy atom. The first-order valence-corrected chi connectivity index (χ1v) is 11.8. The molecule has 17 heteroatoms. The Balaban J connectivity index is 2.56. The van der Waals surface area contributed by atoms with E-state index in [1.807, 2.05) is 0 Å². The Labute approximate surface area is 211 Å². The van der Waals surface area contributed by atoms with Crippen molar-refractivity contribution in [2.45, 2.75) is 38.5 Å². The van der Waals surface area contributed by atoms with Gasteiger partial charge in [0, 0.05) is 32.7 Å². The maximum absolute atomic E-state index is 5.58. The van der Waals surface area contributed by atoms with E-state index in [1.165, 1.54) is 0 Å². The molecule has 1 aromatic rings. The van der Waals surface area contributed by atoms with Gasteiger partial charge in [-0.25, -0.2) is 0 Å². The van der Waals surface area contributed by atoms with E-state index < -0.39 is 0 Å². The highest BCUT2D eigenvalue weighted by Gasteiger charge is 2.06. The first kappa shape index (κ1) is 29.9. The average Bonchev–Trinajstić information content (AvgIpc) is 2.80. The largest absolute Gasteiger partial charge is 0.370 e. The lowest BCUT2D eigenvalue weighted by Crippen LogP contribution is -2.26. The lowest BCUT2D eigenvalue weighted by atomic mass is 10.3. The summed E-state index contributed by atoms with van der Waals surface area (Å²) in [4.78, 5) is 28.8. The van der Waals surface area contributed by atoms with Crippen LogP contribution in [-0.4, -0.2) is 78.1 Å². The zero-order valence-corrected chi connectivity index (χ0v) is 20.7. The molecule has 0 aliphatic heterocycles. The van der Waals surface area contributed by atoms with Gasteiger partial charge in [-0.2, -0.15) is 24.9 Å². The molecular weight excluding hydrogens is 466 g/mol. The number of hydrogen-bond acceptors (Lipinski definition) is 9. The summed E-state index contributed by atoms with van der Waals surface area (Å²) in [5.41, 5.74) is 37.8. The van der Waals surface area contributed by atoms with Gasteiger partial charge < -0.3 is 56.1 Å². The van der Waals surface area contributed by atoms with Crippen molar-refractivity contribution in [1.29, 1.82) is 0 Å². The molecular formula is C19H41N17. The fourth-order valence-corrected chi connectivity index (χ4v) is 2.68. The molecule has 36 heavy (non-hydrogen) atoms. The molecule has 0 aromatic carbocycles. The number of anilines is 3. The summed E-state index contributed by atoms with van der Waals surface area (Å²) in [5, 5.41) is 9.64. The van der Waals surface area contributed by atoms with Gasteiger partial charge in [-0.15, -0.1) is 0 Å². The van der Waals surface area contributed by atoms with Crippen LogP contribution in [0.3, 0.4) is 0 Å². The summed E-state index contributed by atoms with van der Waals surface area (Å²) in [7, 11) is 0. The van der Waals surface area contributed by atoms with Crippen LogP contribution in [0.4, 0.5) is 17.8 Å². The van der Waals surface area contributed by atoms with E-state index in [0.29, 0.717) is 57.1 Å². The lowest BCUT2D eigenvalue weighted by Gasteiger charge is -2.11. The van der Waals surface area contributed by atoms with Crippen LogP contribution in [0.2, 0.25) is 0 Å². The van der Waals surface area contributed by atoms with Crippen molar-refractivity contribution in [2.24, 2.45) is 60.1 Å². The van der Waals surface area contributed by atoms with Crippen molar-refractivity contribution in [2.75, 3.05) is 55.2 Å². The smallest absolute Gasteiger partial charge is 0.229 e. The van der Waals surface area contributed by atoms with Crippen molar-refractivity contribution < 1.29 is 0 Å². The average molecular weight is 508 g/mol. The highest BCUT2D eigenvalue weighted by Crippen LogP contribution is 2.10. The van der Waals surface area contributed by atoms with Crippen LogP contribution in [0.5, 0.6) is 0 Å². The number of nitrogens with zero attached hydrogens (tertiary/aromatic N) is 7. The molecule has 17 nitrogen and oxygen atoms in total. The second-order valence-electron chi connectivity index (χ2n) is 7.55. The van der Waals surface area contributed by atoms with E-state index in [2.05, 4.69) is 50.9 Å². The van der Waals surface area contributed by atoms with Gasteiger partial charge >= 0.3 is 0 Å². The van der Waals surface area contributed by atoms with Crippen LogP contribution < -0.4 is 56.1 Å². The number of hydrogen-bond donors (Lipinski definition) is 10. The second-order valence-corrected chi connectivity index (χ2v) is 7.55. The van der Waals surface area contributed by atoms with Crippen LogP contribution in [0, 0.1) is 0 Å². The van der Waals surface area contributed by atoms with Gasteiger partial charge in [0.05, 0.1) is 0 Å². The molecule has 0 amide bonds. The second kappa shape index (κ2) is 18.2. The predicted octanol–water partition coefficient (Wildman–Crippen LogP) is -2.42. The standard InChI is InChI=1S/C19H41N17/c20-7-1-2-10-29-17-34-18(30-11-5-3-8-27-15(25)32-13(21)22)36-19(35-17)31-12-6-4-9-28-16(26)33-14(23)24/h1-12,20H2,(H6,21,22,25,27,32)(H6,23,24,26,28,33)(H3,29,30,31,34,35,36). The van der Waals surface area contributed by atoms with Crippen LogP contribution in [0.15, 0.2) is 20.0 Å². The summed E-state index contributed by atoms with van der Waals surface area (Å²) >= 11 is 0. The maximum Gasteiger partial charge on any atom is 0.229 e. The molecule has 0 atom stereocenters. The number of nitrogens with one attached hydrogen (secondary N) is 3. The highest BCUT2D eigenvalue weighted by molar-refractivity contribution is 5.92. The molecule has 1 rings (SSSR count). The molecule has 0 saturated heterocycles. The van der Waals surface area contributed by atoms with Crippen molar-refractivity contribution in [1.82, 2.24) is 15.0 Å². The number of aliphatic imine (C=N–C) groups is 4. The minimum atomic E-state index is -0.120. The Morgan fingerprint density at radius 1 is 0.556 bits per heavy atom. The van der Waals surface area contributed by atoms with E-state index in [9.17, 15) is 0 Å². The number of unbranched alkanes of at least 4 members (excludes halogenated alkanes) is 3. The zero-order valence-electron chi connectivity index (χ0n) is 20.7. The Morgan fingerprint density at radius 3 is 1.25 bits per heavy atom. The first-order chi connectivity index (χ1) is 17.3.